The lowest BCUT2D eigenvalue weighted by atomic mass is 10.1. The van der Waals surface area contributed by atoms with Crippen LogP contribution in [0, 0.1) is 0 Å². The van der Waals surface area contributed by atoms with Crippen LogP contribution in [0.2, 0.25) is 0 Å². The summed E-state index contributed by atoms with van der Waals surface area (Å²) in [4.78, 5) is 21.9. The van der Waals surface area contributed by atoms with Crippen molar-refractivity contribution in [1.82, 2.24) is 5.32 Å². The fourth-order valence-corrected chi connectivity index (χ4v) is 2.10. The van der Waals surface area contributed by atoms with Gasteiger partial charge in [-0.25, -0.2) is 0 Å². The third-order valence-electron chi connectivity index (χ3n) is 2.40. The quantitative estimate of drug-likeness (QED) is 0.649. The molecule has 0 fully saturated rings. The summed E-state index contributed by atoms with van der Waals surface area (Å²) in [5.74, 6) is -0.708. The van der Waals surface area contributed by atoms with Crippen LogP contribution in [0.4, 0.5) is 4.70 Å². The highest BCUT2D eigenvalue weighted by molar-refractivity contribution is 7.85. The molecule has 2 rings (SSSR count). The van der Waals surface area contributed by atoms with Gasteiger partial charge < -0.3 is 0 Å². The molecule has 1 aromatic rings. The molecule has 1 aromatic carbocycles. The van der Waals surface area contributed by atoms with Crippen LogP contribution < -0.4 is 5.32 Å². The lowest BCUT2D eigenvalue weighted by Gasteiger charge is -1.90. The largest absolute Gasteiger partial charge is 0.288 e. The van der Waals surface area contributed by atoms with Crippen molar-refractivity contribution in [1.29, 1.82) is 0 Å². The van der Waals surface area contributed by atoms with E-state index in [-0.39, 0.29) is 22.3 Å². The summed E-state index contributed by atoms with van der Waals surface area (Å²) in [6.45, 7) is 1.87. The topological polar surface area (TPSA) is 101 Å². The molecule has 0 aromatic heterocycles. The number of unbranched alkanes of at least 4 members (excludes halogenated alkanes) is 1. The standard InChI is InChI=1S/C8H5NO2.C4H10O3S.FH/c10-7-5-3-1-2-4-6(5)8(11)9-7;1-2-3-4-8(5,6)7;/h1-4H,(H,9,10,11);2-4H2,1H3,(H,5,6,7);1H. The van der Waals surface area contributed by atoms with Crippen LogP contribution in [0.5, 0.6) is 0 Å². The number of halogens is 1. The first-order valence-electron chi connectivity index (χ1n) is 5.75. The van der Waals surface area contributed by atoms with Crippen molar-refractivity contribution in [2.75, 3.05) is 5.75 Å². The zero-order valence-corrected chi connectivity index (χ0v) is 11.6. The SMILES string of the molecule is CCCCS(=O)(=O)O.F.O=C1NC(=O)c2ccccc21. The van der Waals surface area contributed by atoms with Crippen molar-refractivity contribution < 1.29 is 27.3 Å². The highest BCUT2D eigenvalue weighted by Crippen LogP contribution is 2.13. The summed E-state index contributed by atoms with van der Waals surface area (Å²) in [5.41, 5.74) is 0.940. The summed E-state index contributed by atoms with van der Waals surface area (Å²) >= 11 is 0. The lowest BCUT2D eigenvalue weighted by molar-refractivity contribution is 0.0879. The Labute approximate surface area is 116 Å². The molecule has 1 aliphatic heterocycles. The maximum absolute atomic E-state index is 10.9. The Morgan fingerprint density at radius 1 is 1.10 bits per heavy atom. The smallest absolute Gasteiger partial charge is 0.264 e. The first-order chi connectivity index (χ1) is 8.85. The minimum atomic E-state index is -3.69. The lowest BCUT2D eigenvalue weighted by Crippen LogP contribution is -2.19. The van der Waals surface area contributed by atoms with Gasteiger partial charge in [-0.3, -0.25) is 24.2 Å². The van der Waals surface area contributed by atoms with Crippen LogP contribution >= 0.6 is 0 Å². The maximum Gasteiger partial charge on any atom is 0.264 e. The number of amides is 2. The predicted molar refractivity (Wildman–Crippen MR) is 72.1 cm³/mol. The second kappa shape index (κ2) is 7.71. The number of hydrogen-bond donors (Lipinski definition) is 2. The van der Waals surface area contributed by atoms with Crippen molar-refractivity contribution in [3.63, 3.8) is 0 Å². The van der Waals surface area contributed by atoms with E-state index >= 15 is 0 Å². The van der Waals surface area contributed by atoms with E-state index in [2.05, 4.69) is 5.32 Å². The molecule has 0 radical (unpaired) electrons. The molecule has 1 heterocycles. The minimum absolute atomic E-state index is 0. The molecular weight excluding hydrogens is 289 g/mol. The first kappa shape index (κ1) is 18.2. The molecular formula is C12H16FNO5S. The zero-order valence-electron chi connectivity index (χ0n) is 10.8. The molecule has 0 spiro atoms. The Kier molecular flexibility index (Phi) is 7.01. The Morgan fingerprint density at radius 3 is 1.85 bits per heavy atom. The van der Waals surface area contributed by atoms with Gasteiger partial charge >= 0.3 is 0 Å². The second-order valence-corrected chi connectivity index (χ2v) is 5.54. The van der Waals surface area contributed by atoms with Gasteiger partial charge in [-0.15, -0.1) is 0 Å². The Hall–Kier alpha value is -1.80. The number of nitrogens with one attached hydrogen (secondary N) is 1. The van der Waals surface area contributed by atoms with Gasteiger partial charge in [-0.2, -0.15) is 8.42 Å². The first-order valence-corrected chi connectivity index (χ1v) is 7.36. The zero-order chi connectivity index (χ0) is 14.5. The van der Waals surface area contributed by atoms with Crippen LogP contribution in [-0.2, 0) is 10.1 Å². The molecule has 2 N–H and O–H groups in total. The number of carbonyl (C=O) groups is 2. The summed E-state index contributed by atoms with van der Waals surface area (Å²) < 4.78 is 28.0. The van der Waals surface area contributed by atoms with E-state index in [1.54, 1.807) is 24.3 Å². The molecule has 0 atom stereocenters. The van der Waals surface area contributed by atoms with E-state index in [0.717, 1.165) is 6.42 Å². The van der Waals surface area contributed by atoms with Gasteiger partial charge in [0, 0.05) is 0 Å². The van der Waals surface area contributed by atoms with Crippen molar-refractivity contribution in [2.45, 2.75) is 19.8 Å². The third-order valence-corrected chi connectivity index (χ3v) is 3.20. The molecule has 8 heteroatoms. The van der Waals surface area contributed by atoms with E-state index in [1.807, 2.05) is 6.92 Å². The van der Waals surface area contributed by atoms with Crippen LogP contribution in [0.25, 0.3) is 0 Å². The van der Waals surface area contributed by atoms with Crippen molar-refractivity contribution >= 4 is 21.9 Å². The molecule has 6 nitrogen and oxygen atoms in total. The van der Waals surface area contributed by atoms with Crippen molar-refractivity contribution in [2.24, 2.45) is 0 Å². The van der Waals surface area contributed by atoms with Gasteiger partial charge in [0.1, 0.15) is 0 Å². The average molecular weight is 305 g/mol. The van der Waals surface area contributed by atoms with Crippen LogP contribution in [0.1, 0.15) is 40.5 Å². The van der Waals surface area contributed by atoms with E-state index in [1.165, 1.54) is 0 Å². The van der Waals surface area contributed by atoms with Crippen LogP contribution in [0.15, 0.2) is 24.3 Å². The van der Waals surface area contributed by atoms with Gasteiger partial charge in [0.2, 0.25) is 0 Å². The van der Waals surface area contributed by atoms with Crippen molar-refractivity contribution in [3.8, 4) is 0 Å². The van der Waals surface area contributed by atoms with E-state index < -0.39 is 10.1 Å². The summed E-state index contributed by atoms with van der Waals surface area (Å²) in [7, 11) is -3.69. The number of hydrogen-bond acceptors (Lipinski definition) is 4. The highest BCUT2D eigenvalue weighted by atomic mass is 32.2. The van der Waals surface area contributed by atoms with Gasteiger partial charge in [-0.1, -0.05) is 25.5 Å². The molecule has 0 aliphatic carbocycles. The molecule has 1 aliphatic rings. The summed E-state index contributed by atoms with van der Waals surface area (Å²) in [6, 6.07) is 6.74. The predicted octanol–water partition coefficient (Wildman–Crippen LogP) is 1.40. The highest BCUT2D eigenvalue weighted by Gasteiger charge is 2.25. The third kappa shape index (κ3) is 5.45. The Balaban J connectivity index is 0.000000364. The minimum Gasteiger partial charge on any atom is -0.288 e. The molecule has 0 saturated carbocycles. The number of imide groups is 1. The van der Waals surface area contributed by atoms with Gasteiger partial charge in [-0.05, 0) is 18.6 Å². The van der Waals surface area contributed by atoms with E-state index in [0.29, 0.717) is 17.5 Å². The van der Waals surface area contributed by atoms with Gasteiger partial charge in [0.25, 0.3) is 21.9 Å². The molecule has 0 unspecified atom stereocenters. The van der Waals surface area contributed by atoms with Gasteiger partial charge in [0.05, 0.1) is 16.9 Å². The Bertz CT molecular complexity index is 552. The molecule has 20 heavy (non-hydrogen) atoms. The molecule has 0 bridgehead atoms. The van der Waals surface area contributed by atoms with E-state index in [4.69, 9.17) is 4.55 Å². The number of fused-ring (bicyclic) bond motifs is 1. The normalized spacial score (nSPS) is 12.7. The fourth-order valence-electron chi connectivity index (χ4n) is 1.44. The maximum atomic E-state index is 10.9. The Morgan fingerprint density at radius 2 is 1.55 bits per heavy atom. The van der Waals surface area contributed by atoms with E-state index in [9.17, 15) is 18.0 Å². The average Bonchev–Trinajstić information content (AvgIpc) is 2.63. The van der Waals surface area contributed by atoms with Gasteiger partial charge in [0.15, 0.2) is 0 Å². The number of benzene rings is 1. The van der Waals surface area contributed by atoms with Crippen molar-refractivity contribution in [3.05, 3.63) is 35.4 Å². The molecule has 0 saturated heterocycles. The summed E-state index contributed by atoms with van der Waals surface area (Å²) in [6.07, 6.45) is 1.33. The monoisotopic (exact) mass is 305 g/mol. The molecule has 112 valence electrons. The summed E-state index contributed by atoms with van der Waals surface area (Å²) in [5, 5.41) is 2.20. The number of rotatable bonds is 3. The fraction of sp³-hybridized carbons (Fsp3) is 0.333. The molecule has 2 amide bonds. The van der Waals surface area contributed by atoms with Crippen LogP contribution in [0.3, 0.4) is 0 Å². The second-order valence-electron chi connectivity index (χ2n) is 3.97. The van der Waals surface area contributed by atoms with Crippen LogP contribution in [-0.4, -0.2) is 30.5 Å². The number of carbonyl (C=O) groups excluding carboxylic acids is 2.